The predicted molar refractivity (Wildman–Crippen MR) is 108 cm³/mol. The topological polar surface area (TPSA) is 21.6 Å². The van der Waals surface area contributed by atoms with E-state index in [-0.39, 0.29) is 6.10 Å². The van der Waals surface area contributed by atoms with Gasteiger partial charge < -0.3 is 4.84 Å². The normalized spacial score (nSPS) is 39.6. The number of nitrogens with zero attached hydrogens (tertiary/aromatic N) is 1. The van der Waals surface area contributed by atoms with Crippen LogP contribution in [0.15, 0.2) is 58.3 Å². The van der Waals surface area contributed by atoms with Crippen molar-refractivity contribution >= 4 is 5.71 Å². The van der Waals surface area contributed by atoms with Crippen molar-refractivity contribution in [2.24, 2.45) is 28.3 Å². The molecule has 5 aliphatic rings. The fourth-order valence-electron chi connectivity index (χ4n) is 7.04. The lowest BCUT2D eigenvalue weighted by atomic mass is 9.57. The smallest absolute Gasteiger partial charge is 0.161 e. The van der Waals surface area contributed by atoms with Crippen LogP contribution in [0.5, 0.6) is 0 Å². The summed E-state index contributed by atoms with van der Waals surface area (Å²) in [6.45, 7) is 2.58. The molecule has 2 unspecified atom stereocenters. The molecule has 0 amide bonds. The van der Waals surface area contributed by atoms with Gasteiger partial charge in [0.25, 0.3) is 0 Å². The fraction of sp³-hybridized carbons (Fsp3) is 0.560. The van der Waals surface area contributed by atoms with Crippen molar-refractivity contribution in [1.82, 2.24) is 0 Å². The van der Waals surface area contributed by atoms with Gasteiger partial charge in [-0.1, -0.05) is 54.4 Å². The van der Waals surface area contributed by atoms with Crippen LogP contribution in [0, 0.1) is 23.2 Å². The monoisotopic (exact) mass is 359 g/mol. The van der Waals surface area contributed by atoms with E-state index in [1.54, 1.807) is 11.1 Å². The number of rotatable bonds is 1. The first-order valence-electron chi connectivity index (χ1n) is 10.9. The van der Waals surface area contributed by atoms with Crippen molar-refractivity contribution in [2.75, 3.05) is 0 Å². The standard InChI is InChI=1S/C25H29NO/c1-25-12-5-8-22(25)19-10-9-17-14-23-21(15-20(17)18(19)11-13-25)24(27-26-23)16-6-3-2-4-7-16/h2-4,6-7,14,19,21-22,24H,5,8-13,15H2,1H3/t19-,21?,22+,24?,25+/m1/s1. The van der Waals surface area contributed by atoms with Gasteiger partial charge in [0.1, 0.15) is 0 Å². The number of fused-ring (bicyclic) bond motifs is 5. The molecule has 0 N–H and O–H groups in total. The average molecular weight is 360 g/mol. The largest absolute Gasteiger partial charge is 0.387 e. The van der Waals surface area contributed by atoms with Crippen LogP contribution in [0.3, 0.4) is 0 Å². The molecule has 1 aliphatic heterocycles. The molecule has 1 aromatic rings. The summed E-state index contributed by atoms with van der Waals surface area (Å²) in [6, 6.07) is 10.7. The second-order valence-corrected chi connectivity index (χ2v) is 9.73. The Balaban J connectivity index is 1.37. The summed E-state index contributed by atoms with van der Waals surface area (Å²) in [7, 11) is 0. The minimum absolute atomic E-state index is 0.0906. The summed E-state index contributed by atoms with van der Waals surface area (Å²) >= 11 is 0. The van der Waals surface area contributed by atoms with Gasteiger partial charge in [-0.2, -0.15) is 0 Å². The molecule has 27 heavy (non-hydrogen) atoms. The molecule has 140 valence electrons. The Morgan fingerprint density at radius 2 is 1.93 bits per heavy atom. The van der Waals surface area contributed by atoms with Gasteiger partial charge in [0.05, 0.1) is 11.6 Å². The molecule has 1 heterocycles. The van der Waals surface area contributed by atoms with Crippen LogP contribution in [0.25, 0.3) is 0 Å². The maximum absolute atomic E-state index is 5.93. The van der Waals surface area contributed by atoms with E-state index in [9.17, 15) is 0 Å². The van der Waals surface area contributed by atoms with Gasteiger partial charge in [-0.15, -0.1) is 0 Å². The molecule has 0 aromatic heterocycles. The number of allylic oxidation sites excluding steroid dienone is 4. The van der Waals surface area contributed by atoms with Crippen LogP contribution in [0.4, 0.5) is 0 Å². The lowest BCUT2D eigenvalue weighted by molar-refractivity contribution is 0.0608. The molecule has 5 atom stereocenters. The fourth-order valence-corrected chi connectivity index (χ4v) is 7.04. The first kappa shape index (κ1) is 16.2. The zero-order valence-electron chi connectivity index (χ0n) is 16.3. The zero-order chi connectivity index (χ0) is 18.0. The molecule has 0 spiro atoms. The highest BCUT2D eigenvalue weighted by molar-refractivity contribution is 6.00. The van der Waals surface area contributed by atoms with E-state index in [1.807, 2.05) is 5.57 Å². The highest BCUT2D eigenvalue weighted by Crippen LogP contribution is 2.60. The van der Waals surface area contributed by atoms with Gasteiger partial charge in [-0.25, -0.2) is 0 Å². The molecule has 2 nitrogen and oxygen atoms in total. The van der Waals surface area contributed by atoms with Gasteiger partial charge in [-0.05, 0) is 85.0 Å². The third-order valence-corrected chi connectivity index (χ3v) is 8.45. The lowest BCUT2D eigenvalue weighted by Gasteiger charge is -2.47. The van der Waals surface area contributed by atoms with E-state index in [1.165, 1.54) is 56.2 Å². The summed E-state index contributed by atoms with van der Waals surface area (Å²) in [5.74, 6) is 2.19. The van der Waals surface area contributed by atoms with Gasteiger partial charge in [0.2, 0.25) is 0 Å². The molecule has 2 heteroatoms. The first-order valence-corrected chi connectivity index (χ1v) is 10.9. The van der Waals surface area contributed by atoms with E-state index in [0.29, 0.717) is 11.3 Å². The molecule has 2 fully saturated rings. The molecular weight excluding hydrogens is 330 g/mol. The van der Waals surface area contributed by atoms with E-state index in [2.05, 4.69) is 48.5 Å². The van der Waals surface area contributed by atoms with Crippen LogP contribution >= 0.6 is 0 Å². The lowest BCUT2D eigenvalue weighted by Crippen LogP contribution is -2.37. The predicted octanol–water partition coefficient (Wildman–Crippen LogP) is 6.37. The zero-order valence-corrected chi connectivity index (χ0v) is 16.3. The van der Waals surface area contributed by atoms with Crippen LogP contribution in [0.1, 0.15) is 70.0 Å². The van der Waals surface area contributed by atoms with Crippen molar-refractivity contribution in [2.45, 2.75) is 64.4 Å². The Labute approximate surface area is 162 Å². The average Bonchev–Trinajstić information content (AvgIpc) is 3.29. The summed E-state index contributed by atoms with van der Waals surface area (Å²) < 4.78 is 0. The van der Waals surface area contributed by atoms with Crippen molar-refractivity contribution in [3.63, 3.8) is 0 Å². The first-order chi connectivity index (χ1) is 13.2. The third-order valence-electron chi connectivity index (χ3n) is 8.45. The maximum atomic E-state index is 5.93. The summed E-state index contributed by atoms with van der Waals surface area (Å²) in [4.78, 5) is 5.93. The Morgan fingerprint density at radius 3 is 2.81 bits per heavy atom. The Hall–Kier alpha value is -1.83. The second-order valence-electron chi connectivity index (χ2n) is 9.73. The summed E-state index contributed by atoms with van der Waals surface area (Å²) in [5.41, 5.74) is 8.19. The van der Waals surface area contributed by atoms with Gasteiger partial charge in [0, 0.05) is 0 Å². The molecule has 0 bridgehead atoms. The molecule has 1 aromatic carbocycles. The quantitative estimate of drug-likeness (QED) is 0.571. The molecule has 2 saturated carbocycles. The van der Waals surface area contributed by atoms with Crippen molar-refractivity contribution in [3.05, 3.63) is 58.7 Å². The number of benzene rings is 1. The van der Waals surface area contributed by atoms with Gasteiger partial charge in [0.15, 0.2) is 6.10 Å². The third kappa shape index (κ3) is 2.35. The molecule has 0 saturated heterocycles. The highest BCUT2D eigenvalue weighted by atomic mass is 16.6. The summed E-state index contributed by atoms with van der Waals surface area (Å²) in [6.07, 6.45) is 13.3. The van der Waals surface area contributed by atoms with Gasteiger partial charge in [-0.3, -0.25) is 0 Å². The second kappa shape index (κ2) is 5.83. The van der Waals surface area contributed by atoms with E-state index in [4.69, 9.17) is 4.84 Å². The minimum atomic E-state index is 0.0906. The van der Waals surface area contributed by atoms with Crippen molar-refractivity contribution < 1.29 is 4.84 Å². The van der Waals surface area contributed by atoms with Crippen LogP contribution < -0.4 is 0 Å². The van der Waals surface area contributed by atoms with Crippen molar-refractivity contribution in [3.8, 4) is 0 Å². The Bertz CT molecular complexity index is 864. The SMILES string of the molecule is C[C@@]12CCC[C@H]1[C@@H]1CCC3=CC4=NOC(c5ccccc5)C4CC3=C1CC2. The minimum Gasteiger partial charge on any atom is -0.387 e. The Kier molecular flexibility index (Phi) is 3.49. The number of hydrogen-bond acceptors (Lipinski definition) is 2. The van der Waals surface area contributed by atoms with E-state index in [0.717, 1.165) is 18.3 Å². The molecule has 0 radical (unpaired) electrons. The highest BCUT2D eigenvalue weighted by Gasteiger charge is 2.49. The van der Waals surface area contributed by atoms with E-state index < -0.39 is 0 Å². The Morgan fingerprint density at radius 1 is 1.04 bits per heavy atom. The summed E-state index contributed by atoms with van der Waals surface area (Å²) in [5, 5.41) is 4.49. The van der Waals surface area contributed by atoms with Crippen molar-refractivity contribution in [1.29, 1.82) is 0 Å². The van der Waals surface area contributed by atoms with E-state index >= 15 is 0 Å². The molecule has 6 rings (SSSR count). The molecule has 4 aliphatic carbocycles. The maximum Gasteiger partial charge on any atom is 0.161 e. The van der Waals surface area contributed by atoms with Crippen LogP contribution in [0.2, 0.25) is 0 Å². The van der Waals surface area contributed by atoms with Crippen LogP contribution in [-0.2, 0) is 4.84 Å². The number of hydrogen-bond donors (Lipinski definition) is 0. The van der Waals surface area contributed by atoms with Gasteiger partial charge >= 0.3 is 0 Å². The van der Waals surface area contributed by atoms with Crippen LogP contribution in [-0.4, -0.2) is 5.71 Å². The number of oxime groups is 1. The molecular formula is C25H29NO.